The number of ether oxygens (including phenoxy) is 1. The molecule has 122 valence electrons. The molecule has 1 aliphatic rings. The van der Waals surface area contributed by atoms with Crippen molar-refractivity contribution >= 4 is 12.0 Å². The molecule has 0 radical (unpaired) electrons. The number of rotatable bonds is 6. The van der Waals surface area contributed by atoms with Gasteiger partial charge in [-0.3, -0.25) is 9.69 Å². The molecule has 1 heterocycles. The van der Waals surface area contributed by atoms with Gasteiger partial charge in [-0.2, -0.15) is 5.26 Å². The van der Waals surface area contributed by atoms with Crippen molar-refractivity contribution in [3.63, 3.8) is 0 Å². The first-order valence-corrected chi connectivity index (χ1v) is 7.96. The smallest absolute Gasteiger partial charge is 0.261 e. The van der Waals surface area contributed by atoms with E-state index in [-0.39, 0.29) is 11.5 Å². The van der Waals surface area contributed by atoms with Gasteiger partial charge in [0.2, 0.25) is 0 Å². The van der Waals surface area contributed by atoms with E-state index >= 15 is 0 Å². The van der Waals surface area contributed by atoms with E-state index in [1.54, 1.807) is 6.08 Å². The van der Waals surface area contributed by atoms with E-state index in [0.717, 1.165) is 50.4 Å². The third kappa shape index (κ3) is 5.85. The van der Waals surface area contributed by atoms with Crippen molar-refractivity contribution in [2.75, 3.05) is 39.4 Å². The van der Waals surface area contributed by atoms with Crippen LogP contribution in [0, 0.1) is 18.3 Å². The van der Waals surface area contributed by atoms with E-state index in [9.17, 15) is 10.1 Å². The van der Waals surface area contributed by atoms with E-state index in [0.29, 0.717) is 6.54 Å². The van der Waals surface area contributed by atoms with Crippen LogP contribution in [0.3, 0.4) is 0 Å². The molecule has 1 N–H and O–H groups in total. The van der Waals surface area contributed by atoms with E-state index in [2.05, 4.69) is 10.2 Å². The molecule has 1 fully saturated rings. The van der Waals surface area contributed by atoms with Crippen LogP contribution in [-0.2, 0) is 9.53 Å². The first-order valence-electron chi connectivity index (χ1n) is 7.96. The van der Waals surface area contributed by atoms with Crippen molar-refractivity contribution in [2.24, 2.45) is 0 Å². The van der Waals surface area contributed by atoms with Crippen molar-refractivity contribution in [1.82, 2.24) is 10.2 Å². The Kier molecular flexibility index (Phi) is 6.79. The highest BCUT2D eigenvalue weighted by atomic mass is 16.5. The van der Waals surface area contributed by atoms with Crippen molar-refractivity contribution in [3.05, 3.63) is 41.0 Å². The molecule has 0 saturated carbocycles. The lowest BCUT2D eigenvalue weighted by molar-refractivity contribution is -0.117. The zero-order valence-corrected chi connectivity index (χ0v) is 13.5. The van der Waals surface area contributed by atoms with Gasteiger partial charge in [0, 0.05) is 19.6 Å². The Balaban J connectivity index is 1.78. The van der Waals surface area contributed by atoms with E-state index in [1.807, 2.05) is 37.3 Å². The number of morpholine rings is 1. The number of benzene rings is 1. The second-order valence-electron chi connectivity index (χ2n) is 5.64. The van der Waals surface area contributed by atoms with Gasteiger partial charge < -0.3 is 10.1 Å². The summed E-state index contributed by atoms with van der Waals surface area (Å²) in [5.41, 5.74) is 2.14. The Morgan fingerprint density at radius 3 is 2.70 bits per heavy atom. The molecule has 5 heteroatoms. The third-order valence-electron chi connectivity index (χ3n) is 3.79. The molecule has 1 aliphatic heterocycles. The van der Waals surface area contributed by atoms with Gasteiger partial charge in [0.15, 0.2) is 0 Å². The SMILES string of the molecule is Cc1ccc(/C=C(\C#N)C(=O)NCCCN2CCOCC2)cc1. The lowest BCUT2D eigenvalue weighted by Gasteiger charge is -2.26. The lowest BCUT2D eigenvalue weighted by Crippen LogP contribution is -2.38. The monoisotopic (exact) mass is 313 g/mol. The maximum absolute atomic E-state index is 12.1. The Bertz CT molecular complexity index is 581. The number of hydrogen-bond acceptors (Lipinski definition) is 4. The highest BCUT2D eigenvalue weighted by Gasteiger charge is 2.11. The molecule has 1 amide bonds. The largest absolute Gasteiger partial charge is 0.379 e. The first kappa shape index (κ1) is 17.2. The second kappa shape index (κ2) is 9.09. The molecule has 1 aromatic carbocycles. The van der Waals surface area contributed by atoms with Crippen LogP contribution in [0.5, 0.6) is 0 Å². The van der Waals surface area contributed by atoms with Crippen molar-refractivity contribution in [1.29, 1.82) is 5.26 Å². The molecule has 0 spiro atoms. The molecule has 5 nitrogen and oxygen atoms in total. The summed E-state index contributed by atoms with van der Waals surface area (Å²) in [6.45, 7) is 6.97. The van der Waals surface area contributed by atoms with Crippen LogP contribution in [0.1, 0.15) is 17.5 Å². The molecule has 0 aliphatic carbocycles. The highest BCUT2D eigenvalue weighted by Crippen LogP contribution is 2.08. The lowest BCUT2D eigenvalue weighted by atomic mass is 10.1. The van der Waals surface area contributed by atoms with Gasteiger partial charge in [0.25, 0.3) is 5.91 Å². The van der Waals surface area contributed by atoms with Gasteiger partial charge in [0.05, 0.1) is 13.2 Å². The number of aryl methyl sites for hydroxylation is 1. The highest BCUT2D eigenvalue weighted by molar-refractivity contribution is 6.01. The molecular formula is C18H23N3O2. The maximum Gasteiger partial charge on any atom is 0.261 e. The Morgan fingerprint density at radius 1 is 1.35 bits per heavy atom. The number of amides is 1. The van der Waals surface area contributed by atoms with E-state index in [4.69, 9.17) is 4.74 Å². The summed E-state index contributed by atoms with van der Waals surface area (Å²) in [7, 11) is 0. The predicted octanol–water partition coefficient (Wildman–Crippen LogP) is 1.74. The third-order valence-corrected chi connectivity index (χ3v) is 3.79. The van der Waals surface area contributed by atoms with Crippen LogP contribution >= 0.6 is 0 Å². The molecule has 1 saturated heterocycles. The predicted molar refractivity (Wildman–Crippen MR) is 89.7 cm³/mol. The Morgan fingerprint density at radius 2 is 2.04 bits per heavy atom. The second-order valence-corrected chi connectivity index (χ2v) is 5.64. The summed E-state index contributed by atoms with van der Waals surface area (Å²) in [6.07, 6.45) is 2.49. The van der Waals surface area contributed by atoms with E-state index in [1.165, 1.54) is 0 Å². The Labute approximate surface area is 137 Å². The number of hydrogen-bond donors (Lipinski definition) is 1. The number of nitriles is 1. The van der Waals surface area contributed by atoms with Crippen molar-refractivity contribution in [2.45, 2.75) is 13.3 Å². The maximum atomic E-state index is 12.1. The number of carbonyl (C=O) groups excluding carboxylic acids is 1. The van der Waals surface area contributed by atoms with Crippen LogP contribution in [-0.4, -0.2) is 50.2 Å². The van der Waals surface area contributed by atoms with Gasteiger partial charge in [0.1, 0.15) is 11.6 Å². The van der Waals surface area contributed by atoms with Gasteiger partial charge >= 0.3 is 0 Å². The minimum absolute atomic E-state index is 0.139. The van der Waals surface area contributed by atoms with Crippen molar-refractivity contribution < 1.29 is 9.53 Å². The summed E-state index contributed by atoms with van der Waals surface area (Å²) in [5.74, 6) is -0.310. The van der Waals surface area contributed by atoms with E-state index < -0.39 is 0 Å². The summed E-state index contributed by atoms with van der Waals surface area (Å²) in [4.78, 5) is 14.4. The first-order chi connectivity index (χ1) is 11.2. The van der Waals surface area contributed by atoms with Gasteiger partial charge in [-0.05, 0) is 31.5 Å². The fraction of sp³-hybridized carbons (Fsp3) is 0.444. The average Bonchev–Trinajstić information content (AvgIpc) is 2.59. The van der Waals surface area contributed by atoms with Crippen LogP contribution < -0.4 is 5.32 Å². The molecule has 0 unspecified atom stereocenters. The van der Waals surface area contributed by atoms with Crippen LogP contribution in [0.2, 0.25) is 0 Å². The minimum atomic E-state index is -0.310. The molecule has 23 heavy (non-hydrogen) atoms. The molecule has 0 bridgehead atoms. The molecule has 2 rings (SSSR count). The van der Waals surface area contributed by atoms with Crippen molar-refractivity contribution in [3.8, 4) is 6.07 Å². The van der Waals surface area contributed by atoms with Crippen LogP contribution in [0.25, 0.3) is 6.08 Å². The number of nitrogens with one attached hydrogen (secondary N) is 1. The van der Waals surface area contributed by atoms with Gasteiger partial charge in [-0.15, -0.1) is 0 Å². The summed E-state index contributed by atoms with van der Waals surface area (Å²) in [6, 6.07) is 9.70. The summed E-state index contributed by atoms with van der Waals surface area (Å²) < 4.78 is 5.30. The molecular weight excluding hydrogens is 290 g/mol. The number of nitrogens with zero attached hydrogens (tertiary/aromatic N) is 2. The zero-order valence-electron chi connectivity index (χ0n) is 13.5. The molecule has 0 aromatic heterocycles. The normalized spacial score (nSPS) is 15.9. The fourth-order valence-electron chi connectivity index (χ4n) is 2.40. The van der Waals surface area contributed by atoms with Gasteiger partial charge in [-0.1, -0.05) is 29.8 Å². The fourth-order valence-corrected chi connectivity index (χ4v) is 2.40. The quantitative estimate of drug-likeness (QED) is 0.493. The topological polar surface area (TPSA) is 65.4 Å². The average molecular weight is 313 g/mol. The minimum Gasteiger partial charge on any atom is -0.379 e. The van der Waals surface area contributed by atoms with Crippen LogP contribution in [0.15, 0.2) is 29.8 Å². The molecule has 1 aromatic rings. The number of carbonyl (C=O) groups is 1. The van der Waals surface area contributed by atoms with Crippen LogP contribution in [0.4, 0.5) is 0 Å². The zero-order chi connectivity index (χ0) is 16.5. The summed E-state index contributed by atoms with van der Waals surface area (Å²) >= 11 is 0. The standard InChI is InChI=1S/C18H23N3O2/c1-15-3-5-16(6-4-15)13-17(14-19)18(22)20-7-2-8-21-9-11-23-12-10-21/h3-6,13H,2,7-12H2,1H3,(H,20,22)/b17-13+. The Hall–Kier alpha value is -2.16. The van der Waals surface area contributed by atoms with Gasteiger partial charge in [-0.25, -0.2) is 0 Å². The summed E-state index contributed by atoms with van der Waals surface area (Å²) in [5, 5.41) is 12.0. The molecule has 0 atom stereocenters.